The standard InChI is InChI=1S/C10H14N2O2.ClH/c1-14-10(13)8-4-2-7(3-5-8)9(12)6-11;/h2-5,9H,6,11-12H2,1H3;1H/t9-;/m0./s1. The summed E-state index contributed by atoms with van der Waals surface area (Å²) in [5.74, 6) is -0.349. The Hall–Kier alpha value is -1.10. The number of hydrogen-bond acceptors (Lipinski definition) is 4. The summed E-state index contributed by atoms with van der Waals surface area (Å²) in [6.45, 7) is 0.386. The first-order chi connectivity index (χ1) is 6.69. The highest BCUT2D eigenvalue weighted by molar-refractivity contribution is 5.89. The van der Waals surface area contributed by atoms with Gasteiger partial charge in [-0.1, -0.05) is 12.1 Å². The van der Waals surface area contributed by atoms with Crippen molar-refractivity contribution in [2.75, 3.05) is 13.7 Å². The second-order valence-corrected chi connectivity index (χ2v) is 2.96. The first kappa shape index (κ1) is 13.9. The average molecular weight is 231 g/mol. The fourth-order valence-electron chi connectivity index (χ4n) is 1.12. The van der Waals surface area contributed by atoms with E-state index in [1.165, 1.54) is 7.11 Å². The quantitative estimate of drug-likeness (QED) is 0.755. The Bertz CT molecular complexity index is 314. The number of hydrogen-bond donors (Lipinski definition) is 2. The molecule has 84 valence electrons. The van der Waals surface area contributed by atoms with E-state index in [1.807, 2.05) is 0 Å². The van der Waals surface area contributed by atoms with Crippen LogP contribution in [-0.2, 0) is 4.74 Å². The Labute approximate surface area is 95.0 Å². The number of esters is 1. The minimum atomic E-state index is -0.349. The molecule has 0 aliphatic heterocycles. The highest BCUT2D eigenvalue weighted by atomic mass is 35.5. The van der Waals surface area contributed by atoms with Gasteiger partial charge in [0.1, 0.15) is 0 Å². The molecule has 0 saturated carbocycles. The maximum absolute atomic E-state index is 11.1. The summed E-state index contributed by atoms with van der Waals surface area (Å²) >= 11 is 0. The van der Waals surface area contributed by atoms with Crippen molar-refractivity contribution in [3.8, 4) is 0 Å². The Kier molecular flexibility index (Phi) is 5.93. The minimum Gasteiger partial charge on any atom is -0.465 e. The highest BCUT2D eigenvalue weighted by Gasteiger charge is 2.07. The van der Waals surface area contributed by atoms with Crippen molar-refractivity contribution in [3.05, 3.63) is 35.4 Å². The highest BCUT2D eigenvalue weighted by Crippen LogP contribution is 2.11. The van der Waals surface area contributed by atoms with Gasteiger partial charge in [0.2, 0.25) is 0 Å². The summed E-state index contributed by atoms with van der Waals surface area (Å²) in [6, 6.07) is 6.74. The van der Waals surface area contributed by atoms with E-state index < -0.39 is 0 Å². The average Bonchev–Trinajstić information content (AvgIpc) is 2.27. The van der Waals surface area contributed by atoms with Gasteiger partial charge in [0, 0.05) is 12.6 Å². The van der Waals surface area contributed by atoms with Crippen molar-refractivity contribution < 1.29 is 9.53 Å². The molecule has 4 N–H and O–H groups in total. The number of nitrogens with two attached hydrogens (primary N) is 2. The normalized spacial score (nSPS) is 11.4. The van der Waals surface area contributed by atoms with E-state index in [9.17, 15) is 4.79 Å². The molecular formula is C10H15ClN2O2. The lowest BCUT2D eigenvalue weighted by atomic mass is 10.1. The molecule has 0 aliphatic carbocycles. The van der Waals surface area contributed by atoms with E-state index in [1.54, 1.807) is 24.3 Å². The van der Waals surface area contributed by atoms with Crippen molar-refractivity contribution in [3.63, 3.8) is 0 Å². The summed E-state index contributed by atoms with van der Waals surface area (Å²) in [5, 5.41) is 0. The van der Waals surface area contributed by atoms with E-state index in [0.717, 1.165) is 5.56 Å². The lowest BCUT2D eigenvalue weighted by Gasteiger charge is -2.08. The molecule has 0 heterocycles. The first-order valence-electron chi connectivity index (χ1n) is 4.33. The zero-order valence-electron chi connectivity index (χ0n) is 8.47. The molecule has 0 unspecified atom stereocenters. The molecular weight excluding hydrogens is 216 g/mol. The number of benzene rings is 1. The van der Waals surface area contributed by atoms with Crippen LogP contribution in [0.4, 0.5) is 0 Å². The summed E-state index contributed by atoms with van der Waals surface area (Å²) < 4.78 is 4.57. The van der Waals surface area contributed by atoms with Gasteiger partial charge in [-0.25, -0.2) is 4.79 Å². The Balaban J connectivity index is 0.00000196. The smallest absolute Gasteiger partial charge is 0.337 e. The van der Waals surface area contributed by atoms with Crippen LogP contribution in [0.25, 0.3) is 0 Å². The summed E-state index contributed by atoms with van der Waals surface area (Å²) in [7, 11) is 1.35. The minimum absolute atomic E-state index is 0. The number of carbonyl (C=O) groups excluding carboxylic acids is 1. The first-order valence-corrected chi connectivity index (χ1v) is 4.33. The summed E-state index contributed by atoms with van der Waals surface area (Å²) in [4.78, 5) is 11.1. The van der Waals surface area contributed by atoms with Gasteiger partial charge in [-0.05, 0) is 17.7 Å². The van der Waals surface area contributed by atoms with Crippen LogP contribution >= 0.6 is 12.4 Å². The zero-order chi connectivity index (χ0) is 10.6. The molecule has 0 fully saturated rings. The number of ether oxygens (including phenoxy) is 1. The molecule has 1 aromatic carbocycles. The van der Waals surface area contributed by atoms with Gasteiger partial charge in [-0.3, -0.25) is 0 Å². The van der Waals surface area contributed by atoms with Crippen LogP contribution in [0.15, 0.2) is 24.3 Å². The number of halogens is 1. The maximum Gasteiger partial charge on any atom is 0.337 e. The number of rotatable bonds is 3. The van der Waals surface area contributed by atoms with E-state index >= 15 is 0 Å². The van der Waals surface area contributed by atoms with Crippen LogP contribution < -0.4 is 11.5 Å². The Morgan fingerprint density at radius 1 is 1.40 bits per heavy atom. The van der Waals surface area contributed by atoms with Crippen LogP contribution in [0.2, 0.25) is 0 Å². The van der Waals surface area contributed by atoms with Gasteiger partial charge in [-0.15, -0.1) is 12.4 Å². The van der Waals surface area contributed by atoms with Gasteiger partial charge in [0.25, 0.3) is 0 Å². The molecule has 4 nitrogen and oxygen atoms in total. The fourth-order valence-corrected chi connectivity index (χ4v) is 1.12. The molecule has 0 bridgehead atoms. The Morgan fingerprint density at radius 3 is 2.33 bits per heavy atom. The molecule has 0 radical (unpaired) electrons. The van der Waals surface area contributed by atoms with Gasteiger partial charge in [0.05, 0.1) is 12.7 Å². The zero-order valence-corrected chi connectivity index (χ0v) is 9.29. The lowest BCUT2D eigenvalue weighted by molar-refractivity contribution is 0.0600. The van der Waals surface area contributed by atoms with Crippen LogP contribution in [0, 0.1) is 0 Å². The van der Waals surface area contributed by atoms with E-state index in [4.69, 9.17) is 11.5 Å². The third-order valence-corrected chi connectivity index (χ3v) is 2.01. The predicted octanol–water partition coefficient (Wildman–Crippen LogP) is 0.853. The Morgan fingerprint density at radius 2 is 1.93 bits per heavy atom. The number of methoxy groups -OCH3 is 1. The summed E-state index contributed by atoms with van der Waals surface area (Å²) in [5.41, 5.74) is 12.6. The molecule has 1 rings (SSSR count). The van der Waals surface area contributed by atoms with Crippen molar-refractivity contribution in [1.82, 2.24) is 0 Å². The van der Waals surface area contributed by atoms with Gasteiger partial charge >= 0.3 is 5.97 Å². The molecule has 0 spiro atoms. The largest absolute Gasteiger partial charge is 0.465 e. The molecule has 5 heteroatoms. The summed E-state index contributed by atoms with van der Waals surface area (Å²) in [6.07, 6.45) is 0. The van der Waals surface area contributed by atoms with Crippen LogP contribution in [0.3, 0.4) is 0 Å². The maximum atomic E-state index is 11.1. The monoisotopic (exact) mass is 230 g/mol. The molecule has 1 aromatic rings. The van der Waals surface area contributed by atoms with Crippen LogP contribution in [0.5, 0.6) is 0 Å². The van der Waals surface area contributed by atoms with Gasteiger partial charge < -0.3 is 16.2 Å². The second kappa shape index (κ2) is 6.40. The van der Waals surface area contributed by atoms with Gasteiger partial charge in [-0.2, -0.15) is 0 Å². The van der Waals surface area contributed by atoms with Crippen molar-refractivity contribution in [2.45, 2.75) is 6.04 Å². The molecule has 0 saturated heterocycles. The third kappa shape index (κ3) is 3.51. The molecule has 1 atom stereocenters. The molecule has 0 aliphatic rings. The van der Waals surface area contributed by atoms with E-state index in [2.05, 4.69) is 4.74 Å². The fraction of sp³-hybridized carbons (Fsp3) is 0.300. The van der Waals surface area contributed by atoms with Crippen LogP contribution in [-0.4, -0.2) is 19.6 Å². The van der Waals surface area contributed by atoms with E-state index in [-0.39, 0.29) is 24.4 Å². The second-order valence-electron chi connectivity index (χ2n) is 2.96. The van der Waals surface area contributed by atoms with Crippen molar-refractivity contribution >= 4 is 18.4 Å². The molecule has 0 amide bonds. The topological polar surface area (TPSA) is 78.3 Å². The number of carbonyl (C=O) groups is 1. The SMILES string of the molecule is COC(=O)c1ccc([C@@H](N)CN)cc1.Cl. The van der Waals surface area contributed by atoms with E-state index in [0.29, 0.717) is 12.1 Å². The third-order valence-electron chi connectivity index (χ3n) is 2.01. The van der Waals surface area contributed by atoms with Gasteiger partial charge in [0.15, 0.2) is 0 Å². The van der Waals surface area contributed by atoms with Crippen molar-refractivity contribution in [2.24, 2.45) is 11.5 Å². The predicted molar refractivity (Wildman–Crippen MR) is 61.0 cm³/mol. The van der Waals surface area contributed by atoms with Crippen LogP contribution in [0.1, 0.15) is 22.0 Å². The molecule has 15 heavy (non-hydrogen) atoms. The lowest BCUT2D eigenvalue weighted by Crippen LogP contribution is -2.20. The van der Waals surface area contributed by atoms with Crippen molar-refractivity contribution in [1.29, 1.82) is 0 Å². The molecule has 0 aromatic heterocycles.